The fraction of sp³-hybridized carbons (Fsp3) is 0.286. The van der Waals surface area contributed by atoms with Gasteiger partial charge in [-0.3, -0.25) is 9.48 Å². The van der Waals surface area contributed by atoms with E-state index in [0.29, 0.717) is 36.7 Å². The van der Waals surface area contributed by atoms with E-state index in [2.05, 4.69) is 30.3 Å². The minimum absolute atomic E-state index is 0.142. The van der Waals surface area contributed by atoms with Crippen molar-refractivity contribution in [1.29, 1.82) is 0 Å². The van der Waals surface area contributed by atoms with Gasteiger partial charge in [0.25, 0.3) is 5.91 Å². The van der Waals surface area contributed by atoms with E-state index in [1.54, 1.807) is 30.1 Å². The Balaban J connectivity index is 1.47. The van der Waals surface area contributed by atoms with E-state index in [1.807, 2.05) is 19.2 Å². The first-order valence-electron chi connectivity index (χ1n) is 9.93. The predicted octanol–water partition coefficient (Wildman–Crippen LogP) is 2.15. The SMILES string of the molecule is Cc1nccc(-c2nc(C(=O)Nc3cc4c(cnn4C)cc3N3CCC(O)C3)co2)n1. The molecule has 158 valence electrons. The third-order valence-corrected chi connectivity index (χ3v) is 5.35. The highest BCUT2D eigenvalue weighted by Gasteiger charge is 2.25. The summed E-state index contributed by atoms with van der Waals surface area (Å²) >= 11 is 0. The fourth-order valence-corrected chi connectivity index (χ4v) is 3.77. The molecule has 4 aromatic rings. The van der Waals surface area contributed by atoms with Gasteiger partial charge in [-0.1, -0.05) is 0 Å². The number of aliphatic hydroxyl groups excluding tert-OH is 1. The number of fused-ring (bicyclic) bond motifs is 1. The van der Waals surface area contributed by atoms with Crippen LogP contribution in [0.4, 0.5) is 11.4 Å². The zero-order valence-electron chi connectivity index (χ0n) is 17.1. The molecule has 3 aromatic heterocycles. The predicted molar refractivity (Wildman–Crippen MR) is 114 cm³/mol. The number of carbonyl (C=O) groups is 1. The number of hydrogen-bond donors (Lipinski definition) is 2. The van der Waals surface area contributed by atoms with Gasteiger partial charge in [0.2, 0.25) is 5.89 Å². The highest BCUT2D eigenvalue weighted by atomic mass is 16.3. The van der Waals surface area contributed by atoms with Gasteiger partial charge in [0.15, 0.2) is 5.69 Å². The maximum absolute atomic E-state index is 13.0. The van der Waals surface area contributed by atoms with Gasteiger partial charge in [0.05, 0.1) is 29.2 Å². The smallest absolute Gasteiger partial charge is 0.277 e. The number of oxazole rings is 1. The number of aryl methyl sites for hydroxylation is 2. The second kappa shape index (κ2) is 7.47. The van der Waals surface area contributed by atoms with Crippen molar-refractivity contribution >= 4 is 28.2 Å². The van der Waals surface area contributed by atoms with E-state index in [4.69, 9.17) is 4.42 Å². The van der Waals surface area contributed by atoms with Crippen LogP contribution < -0.4 is 10.2 Å². The van der Waals surface area contributed by atoms with Crippen LogP contribution in [0.1, 0.15) is 22.7 Å². The Bertz CT molecular complexity index is 1280. The van der Waals surface area contributed by atoms with Crippen LogP contribution in [0.25, 0.3) is 22.5 Å². The molecule has 5 rings (SSSR count). The molecule has 1 fully saturated rings. The molecule has 10 nitrogen and oxygen atoms in total. The monoisotopic (exact) mass is 419 g/mol. The minimum Gasteiger partial charge on any atom is -0.442 e. The summed E-state index contributed by atoms with van der Waals surface area (Å²) in [4.78, 5) is 27.6. The number of rotatable bonds is 4. The molecule has 0 saturated carbocycles. The van der Waals surface area contributed by atoms with Gasteiger partial charge in [-0.05, 0) is 31.5 Å². The maximum atomic E-state index is 13.0. The molecule has 4 heterocycles. The topological polar surface area (TPSA) is 122 Å². The van der Waals surface area contributed by atoms with E-state index >= 15 is 0 Å². The zero-order chi connectivity index (χ0) is 21.5. The number of anilines is 2. The number of aliphatic hydroxyl groups is 1. The van der Waals surface area contributed by atoms with Crippen LogP contribution in [0.5, 0.6) is 0 Å². The molecule has 10 heteroatoms. The first kappa shape index (κ1) is 19.2. The van der Waals surface area contributed by atoms with Crippen molar-refractivity contribution in [3.63, 3.8) is 0 Å². The summed E-state index contributed by atoms with van der Waals surface area (Å²) in [5, 5.41) is 18.2. The van der Waals surface area contributed by atoms with Gasteiger partial charge in [-0.15, -0.1) is 0 Å². The lowest BCUT2D eigenvalue weighted by atomic mass is 10.1. The maximum Gasteiger partial charge on any atom is 0.277 e. The molecule has 1 atom stereocenters. The lowest BCUT2D eigenvalue weighted by Gasteiger charge is -2.22. The molecule has 1 amide bonds. The molecular weight excluding hydrogens is 398 g/mol. The Morgan fingerprint density at radius 1 is 1.32 bits per heavy atom. The van der Waals surface area contributed by atoms with Crippen molar-refractivity contribution in [3.8, 4) is 11.6 Å². The standard InChI is InChI=1S/C21H21N7O3/c1-12-22-5-3-15(24-12)21-26-17(11-31-21)20(30)25-16-8-18-13(9-23-27(18)2)7-19(16)28-6-4-14(29)10-28/h3,5,7-9,11,14,29H,4,6,10H2,1-2H3,(H,25,30). The van der Waals surface area contributed by atoms with Gasteiger partial charge in [0.1, 0.15) is 17.8 Å². The molecule has 1 saturated heterocycles. The molecule has 1 aliphatic rings. The third kappa shape index (κ3) is 3.61. The number of β-amino-alcohol motifs (C(OH)–C–C–N with tert-alkyl or cyclic N) is 1. The highest BCUT2D eigenvalue weighted by Crippen LogP contribution is 2.34. The van der Waals surface area contributed by atoms with Gasteiger partial charge in [-0.25, -0.2) is 15.0 Å². The summed E-state index contributed by atoms with van der Waals surface area (Å²) in [6, 6.07) is 5.54. The van der Waals surface area contributed by atoms with Crippen LogP contribution in [0.3, 0.4) is 0 Å². The summed E-state index contributed by atoms with van der Waals surface area (Å²) < 4.78 is 7.22. The van der Waals surface area contributed by atoms with Crippen LogP contribution in [-0.4, -0.2) is 54.9 Å². The molecule has 1 unspecified atom stereocenters. The van der Waals surface area contributed by atoms with E-state index in [0.717, 1.165) is 16.6 Å². The Hall–Kier alpha value is -3.79. The van der Waals surface area contributed by atoms with Gasteiger partial charge in [-0.2, -0.15) is 5.10 Å². The van der Waals surface area contributed by atoms with Crippen molar-refractivity contribution in [3.05, 3.63) is 48.4 Å². The summed E-state index contributed by atoms with van der Waals surface area (Å²) in [6.07, 6.45) is 5.00. The Morgan fingerprint density at radius 3 is 2.97 bits per heavy atom. The fourth-order valence-electron chi connectivity index (χ4n) is 3.77. The zero-order valence-corrected chi connectivity index (χ0v) is 17.1. The summed E-state index contributed by atoms with van der Waals surface area (Å²) in [5.41, 5.74) is 2.99. The second-order valence-electron chi connectivity index (χ2n) is 7.57. The molecule has 0 aliphatic carbocycles. The molecular formula is C21H21N7O3. The number of aromatic nitrogens is 5. The summed E-state index contributed by atoms with van der Waals surface area (Å²) in [6.45, 7) is 2.98. The number of benzene rings is 1. The van der Waals surface area contributed by atoms with Gasteiger partial charge < -0.3 is 19.7 Å². The molecule has 31 heavy (non-hydrogen) atoms. The van der Waals surface area contributed by atoms with Gasteiger partial charge >= 0.3 is 0 Å². The summed E-state index contributed by atoms with van der Waals surface area (Å²) in [7, 11) is 1.85. The lowest BCUT2D eigenvalue weighted by molar-refractivity contribution is 0.102. The van der Waals surface area contributed by atoms with Crippen molar-refractivity contribution < 1.29 is 14.3 Å². The average molecular weight is 419 g/mol. The summed E-state index contributed by atoms with van der Waals surface area (Å²) in [5.74, 6) is 0.438. The Labute approximate surface area is 177 Å². The Kier molecular flexibility index (Phi) is 4.63. The van der Waals surface area contributed by atoms with E-state index in [9.17, 15) is 9.90 Å². The normalized spacial score (nSPS) is 16.2. The van der Waals surface area contributed by atoms with Crippen LogP contribution in [0.15, 0.2) is 41.3 Å². The first-order valence-corrected chi connectivity index (χ1v) is 9.93. The molecule has 2 N–H and O–H groups in total. The van der Waals surface area contributed by atoms with Gasteiger partial charge in [0, 0.05) is 31.7 Å². The van der Waals surface area contributed by atoms with Crippen LogP contribution in [0, 0.1) is 6.92 Å². The first-order chi connectivity index (χ1) is 15.0. The largest absolute Gasteiger partial charge is 0.442 e. The number of carbonyl (C=O) groups excluding carboxylic acids is 1. The second-order valence-corrected chi connectivity index (χ2v) is 7.57. The molecule has 0 bridgehead atoms. The molecule has 0 radical (unpaired) electrons. The van der Waals surface area contributed by atoms with E-state index in [1.165, 1.54) is 6.26 Å². The molecule has 0 spiro atoms. The van der Waals surface area contributed by atoms with Crippen LogP contribution >= 0.6 is 0 Å². The molecule has 1 aromatic carbocycles. The number of nitrogens with zero attached hydrogens (tertiary/aromatic N) is 6. The van der Waals surface area contributed by atoms with Crippen molar-refractivity contribution in [2.75, 3.05) is 23.3 Å². The van der Waals surface area contributed by atoms with Crippen molar-refractivity contribution in [2.24, 2.45) is 7.05 Å². The van der Waals surface area contributed by atoms with E-state index < -0.39 is 5.91 Å². The van der Waals surface area contributed by atoms with Crippen LogP contribution in [0.2, 0.25) is 0 Å². The van der Waals surface area contributed by atoms with E-state index in [-0.39, 0.29) is 17.7 Å². The minimum atomic E-state index is -0.400. The van der Waals surface area contributed by atoms with Crippen molar-refractivity contribution in [2.45, 2.75) is 19.4 Å². The number of amides is 1. The Morgan fingerprint density at radius 2 is 2.19 bits per heavy atom. The molecule has 1 aliphatic heterocycles. The third-order valence-electron chi connectivity index (χ3n) is 5.35. The van der Waals surface area contributed by atoms with Crippen LogP contribution in [-0.2, 0) is 7.05 Å². The lowest BCUT2D eigenvalue weighted by Crippen LogP contribution is -2.23. The number of nitrogens with one attached hydrogen (secondary N) is 1. The quantitative estimate of drug-likeness (QED) is 0.516. The average Bonchev–Trinajstić information content (AvgIpc) is 3.48. The number of hydrogen-bond acceptors (Lipinski definition) is 8. The van der Waals surface area contributed by atoms with Crippen molar-refractivity contribution in [1.82, 2.24) is 24.7 Å². The highest BCUT2D eigenvalue weighted by molar-refractivity contribution is 6.06.